The van der Waals surface area contributed by atoms with Crippen molar-refractivity contribution in [3.05, 3.63) is 11.8 Å². The maximum Gasteiger partial charge on any atom is 0.215 e. The number of nitrogens with zero attached hydrogens (tertiary/aromatic N) is 2. The molecule has 0 bridgehead atoms. The fourth-order valence-electron chi connectivity index (χ4n) is 0.895. The first-order valence-corrected chi connectivity index (χ1v) is 3.28. The number of methoxy groups -OCH3 is 1. The van der Waals surface area contributed by atoms with Gasteiger partial charge in [0.05, 0.1) is 7.11 Å². The summed E-state index contributed by atoms with van der Waals surface area (Å²) >= 11 is 0. The SMILES string of the molecule is CCn1n[c]c(C)c1OC. The van der Waals surface area contributed by atoms with Crippen molar-refractivity contribution in [2.75, 3.05) is 7.11 Å². The first kappa shape index (κ1) is 7.12. The highest BCUT2D eigenvalue weighted by Crippen LogP contribution is 2.14. The average Bonchev–Trinajstić information content (AvgIpc) is 2.30. The Kier molecular flexibility index (Phi) is 1.94. The second-order valence-corrected chi connectivity index (χ2v) is 2.06. The third kappa shape index (κ3) is 0.988. The number of rotatable bonds is 2. The van der Waals surface area contributed by atoms with Crippen molar-refractivity contribution in [3.63, 3.8) is 0 Å². The second-order valence-electron chi connectivity index (χ2n) is 2.06. The number of hydrogen-bond donors (Lipinski definition) is 0. The van der Waals surface area contributed by atoms with Crippen LogP contribution in [0.5, 0.6) is 5.88 Å². The molecule has 3 heteroatoms. The van der Waals surface area contributed by atoms with Gasteiger partial charge in [0.15, 0.2) is 0 Å². The van der Waals surface area contributed by atoms with Crippen LogP contribution in [0.4, 0.5) is 0 Å². The Hall–Kier alpha value is -0.990. The van der Waals surface area contributed by atoms with Crippen molar-refractivity contribution >= 4 is 0 Å². The third-order valence-corrected chi connectivity index (χ3v) is 1.39. The van der Waals surface area contributed by atoms with Crippen LogP contribution in [0.3, 0.4) is 0 Å². The molecule has 0 spiro atoms. The molecule has 1 rings (SSSR count). The molecule has 0 saturated carbocycles. The van der Waals surface area contributed by atoms with Crippen LogP contribution >= 0.6 is 0 Å². The summed E-state index contributed by atoms with van der Waals surface area (Å²) in [7, 11) is 1.64. The summed E-state index contributed by atoms with van der Waals surface area (Å²) in [4.78, 5) is 0. The normalized spacial score (nSPS) is 9.90. The molecule has 0 aliphatic carbocycles. The molecule has 0 aliphatic rings. The summed E-state index contributed by atoms with van der Waals surface area (Å²) in [5.74, 6) is 0.808. The fraction of sp³-hybridized carbons (Fsp3) is 0.571. The van der Waals surface area contributed by atoms with Gasteiger partial charge in [-0.1, -0.05) is 0 Å². The van der Waals surface area contributed by atoms with Gasteiger partial charge in [0.2, 0.25) is 5.88 Å². The molecular weight excluding hydrogens is 128 g/mol. The van der Waals surface area contributed by atoms with Crippen LogP contribution in [0.2, 0.25) is 0 Å². The summed E-state index contributed by atoms with van der Waals surface area (Å²) in [5.41, 5.74) is 0.962. The largest absolute Gasteiger partial charge is 0.481 e. The van der Waals surface area contributed by atoms with Gasteiger partial charge in [0.1, 0.15) is 6.20 Å². The Balaban J connectivity index is 3.01. The minimum atomic E-state index is 0.808. The summed E-state index contributed by atoms with van der Waals surface area (Å²) < 4.78 is 6.85. The number of aryl methyl sites for hydroxylation is 2. The average molecular weight is 139 g/mol. The maximum absolute atomic E-state index is 5.08. The highest BCUT2D eigenvalue weighted by atomic mass is 16.5. The number of ether oxygens (including phenoxy) is 1. The van der Waals surface area contributed by atoms with Crippen LogP contribution in [0.1, 0.15) is 12.5 Å². The fourth-order valence-corrected chi connectivity index (χ4v) is 0.895. The lowest BCUT2D eigenvalue weighted by molar-refractivity contribution is 0.361. The van der Waals surface area contributed by atoms with Crippen LogP contribution in [0.25, 0.3) is 0 Å². The zero-order valence-corrected chi connectivity index (χ0v) is 6.51. The predicted molar refractivity (Wildman–Crippen MR) is 38.0 cm³/mol. The molecule has 0 N–H and O–H groups in total. The van der Waals surface area contributed by atoms with Gasteiger partial charge in [-0.3, -0.25) is 0 Å². The van der Waals surface area contributed by atoms with Gasteiger partial charge in [-0.2, -0.15) is 5.10 Å². The Bertz CT molecular complexity index is 217. The molecule has 1 aromatic rings. The second kappa shape index (κ2) is 2.73. The molecule has 10 heavy (non-hydrogen) atoms. The Morgan fingerprint density at radius 1 is 1.70 bits per heavy atom. The van der Waals surface area contributed by atoms with E-state index in [4.69, 9.17) is 4.74 Å². The molecule has 0 amide bonds. The van der Waals surface area contributed by atoms with Crippen molar-refractivity contribution in [1.29, 1.82) is 0 Å². The first-order valence-electron chi connectivity index (χ1n) is 3.28. The minimum Gasteiger partial charge on any atom is -0.481 e. The molecule has 1 heterocycles. The Labute approximate surface area is 60.6 Å². The van der Waals surface area contributed by atoms with Gasteiger partial charge in [0, 0.05) is 12.1 Å². The minimum absolute atomic E-state index is 0.808. The van der Waals surface area contributed by atoms with E-state index in [1.807, 2.05) is 13.8 Å². The van der Waals surface area contributed by atoms with Gasteiger partial charge >= 0.3 is 0 Å². The van der Waals surface area contributed by atoms with E-state index in [0.29, 0.717) is 0 Å². The standard InChI is InChI=1S/C7H11N2O/c1-4-9-7(10-3)6(2)5-8-9/h4H2,1-3H3. The van der Waals surface area contributed by atoms with E-state index < -0.39 is 0 Å². The topological polar surface area (TPSA) is 27.1 Å². The van der Waals surface area contributed by atoms with Crippen molar-refractivity contribution in [2.45, 2.75) is 20.4 Å². The van der Waals surface area contributed by atoms with E-state index in [-0.39, 0.29) is 0 Å². The monoisotopic (exact) mass is 139 g/mol. The molecule has 0 aliphatic heterocycles. The lowest BCUT2D eigenvalue weighted by atomic mass is 10.4. The highest BCUT2D eigenvalue weighted by molar-refractivity contribution is 5.20. The molecule has 0 fully saturated rings. The zero-order chi connectivity index (χ0) is 7.56. The van der Waals surface area contributed by atoms with E-state index in [2.05, 4.69) is 11.3 Å². The summed E-state index contributed by atoms with van der Waals surface area (Å²) in [5, 5.41) is 3.97. The molecule has 0 saturated heterocycles. The van der Waals surface area contributed by atoms with Gasteiger partial charge in [-0.15, -0.1) is 0 Å². The lowest BCUT2D eigenvalue weighted by Crippen LogP contribution is -1.99. The van der Waals surface area contributed by atoms with Crippen molar-refractivity contribution in [1.82, 2.24) is 9.78 Å². The lowest BCUT2D eigenvalue weighted by Gasteiger charge is -2.02. The molecule has 3 nitrogen and oxygen atoms in total. The maximum atomic E-state index is 5.08. The zero-order valence-electron chi connectivity index (χ0n) is 6.51. The van der Waals surface area contributed by atoms with Crippen LogP contribution in [0.15, 0.2) is 0 Å². The van der Waals surface area contributed by atoms with E-state index in [9.17, 15) is 0 Å². The van der Waals surface area contributed by atoms with Crippen molar-refractivity contribution in [2.24, 2.45) is 0 Å². The van der Waals surface area contributed by atoms with Gasteiger partial charge in [0.25, 0.3) is 0 Å². The van der Waals surface area contributed by atoms with Crippen LogP contribution in [0, 0.1) is 13.1 Å². The van der Waals surface area contributed by atoms with Crippen LogP contribution in [-0.4, -0.2) is 16.9 Å². The van der Waals surface area contributed by atoms with Gasteiger partial charge in [-0.25, -0.2) is 4.68 Å². The molecule has 1 aromatic heterocycles. The van der Waals surface area contributed by atoms with E-state index >= 15 is 0 Å². The molecule has 55 valence electrons. The van der Waals surface area contributed by atoms with Gasteiger partial charge < -0.3 is 4.74 Å². The van der Waals surface area contributed by atoms with Crippen LogP contribution < -0.4 is 4.74 Å². The third-order valence-electron chi connectivity index (χ3n) is 1.39. The quantitative estimate of drug-likeness (QED) is 0.611. The Morgan fingerprint density at radius 3 is 2.80 bits per heavy atom. The van der Waals surface area contributed by atoms with Gasteiger partial charge in [-0.05, 0) is 13.8 Å². The van der Waals surface area contributed by atoms with Crippen LogP contribution in [-0.2, 0) is 6.54 Å². The van der Waals surface area contributed by atoms with E-state index in [1.54, 1.807) is 11.8 Å². The molecule has 1 radical (unpaired) electrons. The smallest absolute Gasteiger partial charge is 0.215 e. The highest BCUT2D eigenvalue weighted by Gasteiger charge is 2.04. The first-order chi connectivity index (χ1) is 4.79. The summed E-state index contributed by atoms with van der Waals surface area (Å²) in [6, 6.07) is 0. The number of hydrogen-bond acceptors (Lipinski definition) is 2. The number of aromatic nitrogens is 2. The van der Waals surface area contributed by atoms with E-state index in [0.717, 1.165) is 18.0 Å². The predicted octanol–water partition coefficient (Wildman–Crippen LogP) is 1.02. The van der Waals surface area contributed by atoms with E-state index in [1.165, 1.54) is 0 Å². The summed E-state index contributed by atoms with van der Waals surface area (Å²) in [6.07, 6.45) is 2.83. The molecule has 0 atom stereocenters. The molecular formula is C7H11N2O. The summed E-state index contributed by atoms with van der Waals surface area (Å²) in [6.45, 7) is 4.77. The van der Waals surface area contributed by atoms with Crippen molar-refractivity contribution < 1.29 is 4.74 Å². The molecule has 0 unspecified atom stereocenters. The molecule has 0 aromatic carbocycles. The van der Waals surface area contributed by atoms with Crippen molar-refractivity contribution in [3.8, 4) is 5.88 Å². The Morgan fingerprint density at radius 2 is 2.40 bits per heavy atom.